The van der Waals surface area contributed by atoms with Crippen molar-refractivity contribution in [2.24, 2.45) is 5.41 Å². The van der Waals surface area contributed by atoms with Gasteiger partial charge in [-0.25, -0.2) is 0 Å². The summed E-state index contributed by atoms with van der Waals surface area (Å²) in [5.41, 5.74) is 2.40. The number of hydrogen-bond acceptors (Lipinski definition) is 2. The first kappa shape index (κ1) is 16.5. The molecule has 0 aliphatic carbocycles. The van der Waals surface area contributed by atoms with Crippen LogP contribution in [0.15, 0.2) is 0 Å². The number of hydrogen-bond donors (Lipinski definition) is 1. The van der Waals surface area contributed by atoms with Crippen molar-refractivity contribution in [3.05, 3.63) is 16.4 Å². The Kier molecular flexibility index (Phi) is 6.34. The zero-order chi connectivity index (χ0) is 14.5. The van der Waals surface area contributed by atoms with Crippen LogP contribution in [0.1, 0.15) is 52.4 Å². The van der Waals surface area contributed by atoms with E-state index in [1.165, 1.54) is 12.1 Å². The third-order valence-electron chi connectivity index (χ3n) is 3.37. The normalized spacial score (nSPS) is 12.1. The van der Waals surface area contributed by atoms with E-state index >= 15 is 0 Å². The number of aryl methyl sites for hydroxylation is 2. The second-order valence-electron chi connectivity index (χ2n) is 5.89. The summed E-state index contributed by atoms with van der Waals surface area (Å²) >= 11 is 6.47. The summed E-state index contributed by atoms with van der Waals surface area (Å²) in [5, 5.41) is 8.96. The van der Waals surface area contributed by atoms with E-state index in [9.17, 15) is 0 Å². The monoisotopic (exact) mass is 285 g/mol. The summed E-state index contributed by atoms with van der Waals surface area (Å²) in [4.78, 5) is 0. The summed E-state index contributed by atoms with van der Waals surface area (Å²) in [7, 11) is 0. The molecule has 0 bridgehead atoms. The van der Waals surface area contributed by atoms with Crippen molar-refractivity contribution in [2.45, 2.75) is 60.4 Å². The Morgan fingerprint density at radius 3 is 2.47 bits per heavy atom. The lowest BCUT2D eigenvalue weighted by molar-refractivity contribution is 0.329. The lowest BCUT2D eigenvalue weighted by Crippen LogP contribution is -2.32. The van der Waals surface area contributed by atoms with Gasteiger partial charge in [-0.3, -0.25) is 4.68 Å². The molecule has 4 heteroatoms. The zero-order valence-corrected chi connectivity index (χ0v) is 13.8. The van der Waals surface area contributed by atoms with Gasteiger partial charge >= 0.3 is 0 Å². The summed E-state index contributed by atoms with van der Waals surface area (Å²) in [6.45, 7) is 13.9. The highest BCUT2D eigenvalue weighted by atomic mass is 35.5. The Morgan fingerprint density at radius 2 is 1.95 bits per heavy atom. The van der Waals surface area contributed by atoms with E-state index in [4.69, 9.17) is 11.6 Å². The summed E-state index contributed by atoms with van der Waals surface area (Å²) in [6, 6.07) is 0. The Hall–Kier alpha value is -0.540. The molecule has 0 atom stereocenters. The van der Waals surface area contributed by atoms with Crippen LogP contribution in [0, 0.1) is 5.41 Å². The maximum atomic E-state index is 6.47. The van der Waals surface area contributed by atoms with Crippen LogP contribution < -0.4 is 5.32 Å². The molecular formula is C15H28ClN3. The van der Waals surface area contributed by atoms with Crippen LogP contribution in [0.4, 0.5) is 0 Å². The first-order valence-corrected chi connectivity index (χ1v) is 7.77. The van der Waals surface area contributed by atoms with E-state index < -0.39 is 0 Å². The maximum absolute atomic E-state index is 6.47. The topological polar surface area (TPSA) is 29.9 Å². The second-order valence-corrected chi connectivity index (χ2v) is 6.27. The zero-order valence-electron chi connectivity index (χ0n) is 13.0. The van der Waals surface area contributed by atoms with Crippen molar-refractivity contribution in [1.82, 2.24) is 15.1 Å². The molecule has 0 saturated carbocycles. The van der Waals surface area contributed by atoms with Gasteiger partial charge in [0.2, 0.25) is 0 Å². The molecule has 1 aromatic heterocycles. The van der Waals surface area contributed by atoms with Crippen LogP contribution in [0.2, 0.25) is 5.02 Å². The Morgan fingerprint density at radius 1 is 1.26 bits per heavy atom. The summed E-state index contributed by atoms with van der Waals surface area (Å²) in [6.07, 6.45) is 3.03. The van der Waals surface area contributed by atoms with Gasteiger partial charge in [0, 0.05) is 13.1 Å². The van der Waals surface area contributed by atoms with E-state index in [2.05, 4.69) is 49.7 Å². The molecular weight excluding hydrogens is 258 g/mol. The summed E-state index contributed by atoms with van der Waals surface area (Å²) in [5.74, 6) is 0. The van der Waals surface area contributed by atoms with E-state index in [0.29, 0.717) is 0 Å². The van der Waals surface area contributed by atoms with Crippen LogP contribution in [0.25, 0.3) is 0 Å². The highest BCUT2D eigenvalue weighted by molar-refractivity contribution is 6.31. The van der Waals surface area contributed by atoms with Gasteiger partial charge < -0.3 is 5.32 Å². The lowest BCUT2D eigenvalue weighted by Gasteiger charge is -2.25. The molecule has 0 unspecified atom stereocenters. The molecule has 1 aromatic rings. The van der Waals surface area contributed by atoms with Crippen molar-refractivity contribution in [1.29, 1.82) is 0 Å². The second kappa shape index (κ2) is 7.30. The SMILES string of the molecule is CCCNCC(C)(C)Cc1c(Cl)c(CC)nn1CC. The van der Waals surface area contributed by atoms with Gasteiger partial charge in [-0.05, 0) is 38.1 Å². The Balaban J connectivity index is 2.82. The van der Waals surface area contributed by atoms with Gasteiger partial charge in [-0.1, -0.05) is 39.3 Å². The molecule has 0 aromatic carbocycles. The molecule has 0 radical (unpaired) electrons. The first-order valence-electron chi connectivity index (χ1n) is 7.40. The largest absolute Gasteiger partial charge is 0.316 e. The van der Waals surface area contributed by atoms with E-state index in [1.807, 2.05) is 0 Å². The minimum Gasteiger partial charge on any atom is -0.316 e. The standard InChI is InChI=1S/C15H28ClN3/c1-6-9-17-11-15(4,5)10-13-14(16)12(7-2)18-19(13)8-3/h17H,6-11H2,1-5H3. The maximum Gasteiger partial charge on any atom is 0.0850 e. The number of halogens is 1. The third kappa shape index (κ3) is 4.50. The number of nitrogens with zero attached hydrogens (tertiary/aromatic N) is 2. The smallest absolute Gasteiger partial charge is 0.0850 e. The Labute approximate surface area is 122 Å². The van der Waals surface area contributed by atoms with Crippen LogP contribution in [0.5, 0.6) is 0 Å². The molecule has 0 fully saturated rings. The van der Waals surface area contributed by atoms with Crippen molar-refractivity contribution < 1.29 is 0 Å². The number of aromatic nitrogens is 2. The summed E-state index contributed by atoms with van der Waals surface area (Å²) < 4.78 is 2.06. The molecule has 1 rings (SSSR count). The average Bonchev–Trinajstić information content (AvgIpc) is 2.66. The highest BCUT2D eigenvalue weighted by Crippen LogP contribution is 2.28. The van der Waals surface area contributed by atoms with Gasteiger partial charge in [0.05, 0.1) is 16.4 Å². The fourth-order valence-electron chi connectivity index (χ4n) is 2.31. The van der Waals surface area contributed by atoms with Gasteiger partial charge in [0.1, 0.15) is 0 Å². The van der Waals surface area contributed by atoms with Gasteiger partial charge in [0.25, 0.3) is 0 Å². The van der Waals surface area contributed by atoms with Crippen molar-refractivity contribution in [2.75, 3.05) is 13.1 Å². The van der Waals surface area contributed by atoms with Crippen LogP contribution in [0.3, 0.4) is 0 Å². The van der Waals surface area contributed by atoms with Gasteiger partial charge in [-0.15, -0.1) is 0 Å². The van der Waals surface area contributed by atoms with Crippen molar-refractivity contribution in [3.8, 4) is 0 Å². The molecule has 1 heterocycles. The van der Waals surface area contributed by atoms with Gasteiger partial charge in [0.15, 0.2) is 0 Å². The number of rotatable bonds is 8. The number of nitrogens with one attached hydrogen (secondary N) is 1. The molecule has 19 heavy (non-hydrogen) atoms. The molecule has 1 N–H and O–H groups in total. The van der Waals surface area contributed by atoms with Crippen LogP contribution >= 0.6 is 11.6 Å². The average molecular weight is 286 g/mol. The first-order chi connectivity index (χ1) is 8.95. The highest BCUT2D eigenvalue weighted by Gasteiger charge is 2.24. The van der Waals surface area contributed by atoms with E-state index in [0.717, 1.165) is 43.2 Å². The molecule has 110 valence electrons. The fraction of sp³-hybridized carbons (Fsp3) is 0.800. The Bertz CT molecular complexity index is 396. The van der Waals surface area contributed by atoms with Gasteiger partial charge in [-0.2, -0.15) is 5.10 Å². The predicted octanol–water partition coefficient (Wildman–Crippen LogP) is 3.69. The quantitative estimate of drug-likeness (QED) is 0.738. The molecule has 0 aliphatic heterocycles. The fourth-order valence-corrected chi connectivity index (χ4v) is 2.64. The molecule has 0 aliphatic rings. The third-order valence-corrected chi connectivity index (χ3v) is 3.81. The van der Waals surface area contributed by atoms with Crippen LogP contribution in [-0.2, 0) is 19.4 Å². The van der Waals surface area contributed by atoms with E-state index in [-0.39, 0.29) is 5.41 Å². The molecule has 0 saturated heterocycles. The van der Waals surface area contributed by atoms with E-state index in [1.54, 1.807) is 0 Å². The molecule has 0 spiro atoms. The minimum atomic E-state index is 0.191. The van der Waals surface area contributed by atoms with Crippen molar-refractivity contribution in [3.63, 3.8) is 0 Å². The lowest BCUT2D eigenvalue weighted by atomic mass is 9.87. The molecule has 0 amide bonds. The van der Waals surface area contributed by atoms with Crippen molar-refractivity contribution >= 4 is 11.6 Å². The van der Waals surface area contributed by atoms with Crippen LogP contribution in [-0.4, -0.2) is 22.9 Å². The molecule has 3 nitrogen and oxygen atoms in total. The minimum absolute atomic E-state index is 0.191. The predicted molar refractivity (Wildman–Crippen MR) is 82.9 cm³/mol.